The third-order valence-electron chi connectivity index (χ3n) is 3.48. The Labute approximate surface area is 126 Å². The number of benzene rings is 2. The van der Waals surface area contributed by atoms with Gasteiger partial charge in [-0.2, -0.15) is 0 Å². The van der Waals surface area contributed by atoms with Gasteiger partial charge in [-0.3, -0.25) is 0 Å². The first kappa shape index (κ1) is 15.5. The van der Waals surface area contributed by atoms with Gasteiger partial charge in [0.2, 0.25) is 10.0 Å². The van der Waals surface area contributed by atoms with Crippen LogP contribution in [0.15, 0.2) is 53.4 Å². The van der Waals surface area contributed by atoms with Gasteiger partial charge in [-0.15, -0.1) is 0 Å². The van der Waals surface area contributed by atoms with Crippen molar-refractivity contribution in [2.24, 2.45) is 5.14 Å². The monoisotopic (exact) mass is 304 g/mol. The molecule has 4 nitrogen and oxygen atoms in total. The van der Waals surface area contributed by atoms with Crippen LogP contribution >= 0.6 is 0 Å². The van der Waals surface area contributed by atoms with Crippen molar-refractivity contribution in [1.82, 2.24) is 0 Å². The summed E-state index contributed by atoms with van der Waals surface area (Å²) in [7, 11) is -3.69. The van der Waals surface area contributed by atoms with E-state index in [-0.39, 0.29) is 4.90 Å². The molecule has 0 amide bonds. The Hall–Kier alpha value is -1.85. The van der Waals surface area contributed by atoms with Crippen LogP contribution in [0.25, 0.3) is 0 Å². The van der Waals surface area contributed by atoms with E-state index in [4.69, 9.17) is 5.14 Å². The van der Waals surface area contributed by atoms with Gasteiger partial charge in [0.25, 0.3) is 0 Å². The fraction of sp³-hybridized carbons (Fsp3) is 0.250. The number of aryl methyl sites for hydroxylation is 1. The van der Waals surface area contributed by atoms with Gasteiger partial charge in [0.1, 0.15) is 0 Å². The first-order valence-corrected chi connectivity index (χ1v) is 8.35. The third-order valence-corrected chi connectivity index (χ3v) is 4.53. The topological polar surface area (TPSA) is 72.2 Å². The Bertz CT molecular complexity index is 712. The molecule has 5 heteroatoms. The lowest BCUT2D eigenvalue weighted by Gasteiger charge is -2.15. The molecule has 2 rings (SSSR count). The summed E-state index contributed by atoms with van der Waals surface area (Å²) in [5, 5.41) is 8.48. The molecule has 3 N–H and O–H groups in total. The number of nitrogens with two attached hydrogens (primary N) is 1. The average molecular weight is 304 g/mol. The van der Waals surface area contributed by atoms with Crippen LogP contribution in [0.2, 0.25) is 0 Å². The highest BCUT2D eigenvalue weighted by molar-refractivity contribution is 7.89. The molecule has 1 unspecified atom stereocenters. The second-order valence-electron chi connectivity index (χ2n) is 5.22. The number of hydrogen-bond donors (Lipinski definition) is 2. The van der Waals surface area contributed by atoms with Crippen LogP contribution < -0.4 is 10.5 Å². The molecule has 0 aromatic heterocycles. The van der Waals surface area contributed by atoms with Crippen LogP contribution in [0, 0.1) is 6.92 Å². The van der Waals surface area contributed by atoms with Gasteiger partial charge in [0, 0.05) is 12.2 Å². The number of rotatable bonds is 5. The van der Waals surface area contributed by atoms with Gasteiger partial charge in [-0.1, -0.05) is 43.3 Å². The molecular weight excluding hydrogens is 284 g/mol. The summed E-state index contributed by atoms with van der Waals surface area (Å²) >= 11 is 0. The molecule has 2 aromatic carbocycles. The van der Waals surface area contributed by atoms with E-state index >= 15 is 0 Å². The fourth-order valence-corrected chi connectivity index (χ4v) is 3.00. The second kappa shape index (κ2) is 6.28. The summed E-state index contributed by atoms with van der Waals surface area (Å²) in [5.74, 6) is 0.324. The van der Waals surface area contributed by atoms with E-state index in [0.29, 0.717) is 11.5 Å². The number of nitrogens with one attached hydrogen (secondary N) is 1. The lowest BCUT2D eigenvalue weighted by Crippen LogP contribution is -2.15. The maximum Gasteiger partial charge on any atom is 0.238 e. The predicted octanol–water partition coefficient (Wildman–Crippen LogP) is 2.86. The highest BCUT2D eigenvalue weighted by Crippen LogP contribution is 2.21. The summed E-state index contributed by atoms with van der Waals surface area (Å²) in [6, 6.07) is 15.4. The molecule has 0 spiro atoms. The van der Waals surface area contributed by atoms with Crippen molar-refractivity contribution in [2.45, 2.75) is 24.7 Å². The minimum absolute atomic E-state index is 0.167. The van der Waals surface area contributed by atoms with Gasteiger partial charge in [0.05, 0.1) is 4.90 Å². The summed E-state index contributed by atoms with van der Waals surface area (Å²) in [5.41, 5.74) is 2.65. The SMILES string of the molecule is Cc1ccc(NCC(C)c2ccccc2)cc1S(N)(=O)=O. The standard InChI is InChI=1S/C16H20N2O2S/c1-12-8-9-15(10-16(12)21(17,19)20)18-11-13(2)14-6-4-3-5-7-14/h3-10,13,18H,11H2,1-2H3,(H2,17,19,20). The maximum absolute atomic E-state index is 11.5. The Morgan fingerprint density at radius 1 is 1.14 bits per heavy atom. The minimum atomic E-state index is -3.69. The van der Waals surface area contributed by atoms with Gasteiger partial charge in [-0.05, 0) is 36.1 Å². The second-order valence-corrected chi connectivity index (χ2v) is 6.75. The smallest absolute Gasteiger partial charge is 0.238 e. The molecule has 0 bridgehead atoms. The van der Waals surface area contributed by atoms with Gasteiger partial charge >= 0.3 is 0 Å². The van der Waals surface area contributed by atoms with Crippen molar-refractivity contribution < 1.29 is 8.42 Å². The molecule has 0 saturated heterocycles. The first-order chi connectivity index (χ1) is 9.88. The van der Waals surface area contributed by atoms with E-state index in [2.05, 4.69) is 24.4 Å². The lowest BCUT2D eigenvalue weighted by molar-refractivity contribution is 0.597. The molecule has 0 aliphatic heterocycles. The summed E-state index contributed by atoms with van der Waals surface area (Å²) in [6.45, 7) is 4.57. The molecule has 0 saturated carbocycles. The number of hydrogen-bond acceptors (Lipinski definition) is 3. The van der Waals surface area contributed by atoms with Crippen LogP contribution in [0.4, 0.5) is 5.69 Å². The largest absolute Gasteiger partial charge is 0.384 e. The van der Waals surface area contributed by atoms with E-state index in [9.17, 15) is 8.42 Å². The average Bonchev–Trinajstić information content (AvgIpc) is 2.45. The fourth-order valence-electron chi connectivity index (χ4n) is 2.19. The van der Waals surface area contributed by atoms with Gasteiger partial charge < -0.3 is 5.32 Å². The van der Waals surface area contributed by atoms with Gasteiger partial charge in [-0.25, -0.2) is 13.6 Å². The molecule has 0 aliphatic carbocycles. The van der Waals surface area contributed by atoms with Crippen molar-refractivity contribution in [3.05, 3.63) is 59.7 Å². The highest BCUT2D eigenvalue weighted by Gasteiger charge is 2.12. The summed E-state index contributed by atoms with van der Waals surface area (Å²) in [6.07, 6.45) is 0. The molecule has 21 heavy (non-hydrogen) atoms. The van der Waals surface area contributed by atoms with Crippen LogP contribution in [0.1, 0.15) is 24.0 Å². The van der Waals surface area contributed by atoms with Crippen molar-refractivity contribution in [3.63, 3.8) is 0 Å². The molecule has 112 valence electrons. The molecule has 0 fully saturated rings. The van der Waals surface area contributed by atoms with E-state index in [1.807, 2.05) is 24.3 Å². The third kappa shape index (κ3) is 4.06. The quantitative estimate of drug-likeness (QED) is 0.892. The Balaban J connectivity index is 2.11. The zero-order chi connectivity index (χ0) is 15.5. The van der Waals surface area contributed by atoms with Crippen LogP contribution in [0.5, 0.6) is 0 Å². The predicted molar refractivity (Wildman–Crippen MR) is 85.9 cm³/mol. The molecule has 0 aliphatic rings. The van der Waals surface area contributed by atoms with Crippen LogP contribution in [-0.2, 0) is 10.0 Å². The maximum atomic E-state index is 11.5. The normalized spacial score (nSPS) is 12.9. The van der Waals surface area contributed by atoms with Crippen molar-refractivity contribution in [2.75, 3.05) is 11.9 Å². The number of sulfonamides is 1. The molecule has 1 atom stereocenters. The van der Waals surface area contributed by atoms with E-state index < -0.39 is 10.0 Å². The van der Waals surface area contributed by atoms with Crippen molar-refractivity contribution >= 4 is 15.7 Å². The lowest BCUT2D eigenvalue weighted by atomic mass is 10.0. The van der Waals surface area contributed by atoms with E-state index in [1.165, 1.54) is 5.56 Å². The van der Waals surface area contributed by atoms with Crippen molar-refractivity contribution in [3.8, 4) is 0 Å². The number of primary sulfonamides is 1. The molecule has 2 aromatic rings. The minimum Gasteiger partial charge on any atom is -0.384 e. The van der Waals surface area contributed by atoms with Crippen molar-refractivity contribution in [1.29, 1.82) is 0 Å². The van der Waals surface area contributed by atoms with Gasteiger partial charge in [0.15, 0.2) is 0 Å². The molecular formula is C16H20N2O2S. The van der Waals surface area contributed by atoms with Crippen LogP contribution in [0.3, 0.4) is 0 Å². The van der Waals surface area contributed by atoms with Crippen LogP contribution in [-0.4, -0.2) is 15.0 Å². The Morgan fingerprint density at radius 3 is 2.43 bits per heavy atom. The van der Waals surface area contributed by atoms with E-state index in [1.54, 1.807) is 19.1 Å². The Morgan fingerprint density at radius 2 is 1.81 bits per heavy atom. The first-order valence-electron chi connectivity index (χ1n) is 6.80. The Kier molecular flexibility index (Phi) is 4.65. The summed E-state index contributed by atoms with van der Waals surface area (Å²) in [4.78, 5) is 0.167. The molecule has 0 heterocycles. The molecule has 0 radical (unpaired) electrons. The zero-order valence-electron chi connectivity index (χ0n) is 12.2. The zero-order valence-corrected chi connectivity index (χ0v) is 13.0. The number of anilines is 1. The van der Waals surface area contributed by atoms with E-state index in [0.717, 1.165) is 12.2 Å². The highest BCUT2D eigenvalue weighted by atomic mass is 32.2. The summed E-state index contributed by atoms with van der Waals surface area (Å²) < 4.78 is 23.0.